The van der Waals surface area contributed by atoms with Crippen LogP contribution < -0.4 is 5.32 Å². The Hall–Kier alpha value is -1.84. The fourth-order valence-electron chi connectivity index (χ4n) is 2.60. The van der Waals surface area contributed by atoms with Gasteiger partial charge in [-0.3, -0.25) is 4.79 Å². The number of hydrogen-bond acceptors (Lipinski definition) is 6. The van der Waals surface area contributed by atoms with Crippen molar-refractivity contribution in [2.45, 2.75) is 45.1 Å². The zero-order chi connectivity index (χ0) is 19.3. The second kappa shape index (κ2) is 8.70. The van der Waals surface area contributed by atoms with Gasteiger partial charge in [0.05, 0.1) is 16.6 Å². The van der Waals surface area contributed by atoms with Gasteiger partial charge < -0.3 is 5.32 Å². The van der Waals surface area contributed by atoms with Crippen LogP contribution in [-0.2, 0) is 16.4 Å². The quantitative estimate of drug-likeness (QED) is 0.740. The van der Waals surface area contributed by atoms with Crippen molar-refractivity contribution in [3.05, 3.63) is 40.4 Å². The molecular formula is C17H24N4O3S2. The molecular weight excluding hydrogens is 372 g/mol. The summed E-state index contributed by atoms with van der Waals surface area (Å²) in [7, 11) is -3.48. The molecule has 2 aromatic rings. The fraction of sp³-hybridized carbons (Fsp3) is 0.471. The number of carbonyl (C=O) groups excluding carboxylic acids is 1. The van der Waals surface area contributed by atoms with Crippen molar-refractivity contribution in [3.63, 3.8) is 0 Å². The molecule has 1 N–H and O–H groups in total. The average Bonchev–Trinajstić information content (AvgIpc) is 3.11. The molecule has 1 amide bonds. The highest BCUT2D eigenvalue weighted by atomic mass is 32.2. The van der Waals surface area contributed by atoms with Gasteiger partial charge in [-0.2, -0.15) is 4.31 Å². The van der Waals surface area contributed by atoms with Crippen molar-refractivity contribution >= 4 is 27.5 Å². The number of carbonyl (C=O) groups is 1. The highest BCUT2D eigenvalue weighted by Gasteiger charge is 2.22. The maximum Gasteiger partial charge on any atom is 0.265 e. The summed E-state index contributed by atoms with van der Waals surface area (Å²) in [4.78, 5) is 13.1. The van der Waals surface area contributed by atoms with Gasteiger partial charge in [0.25, 0.3) is 5.91 Å². The van der Waals surface area contributed by atoms with E-state index in [2.05, 4.69) is 14.9 Å². The molecule has 26 heavy (non-hydrogen) atoms. The van der Waals surface area contributed by atoms with Gasteiger partial charge in [-0.15, -0.1) is 5.10 Å². The van der Waals surface area contributed by atoms with Crippen LogP contribution in [0.2, 0.25) is 0 Å². The maximum absolute atomic E-state index is 12.5. The number of hydrogen-bond donors (Lipinski definition) is 1. The predicted molar refractivity (Wildman–Crippen MR) is 102 cm³/mol. The van der Waals surface area contributed by atoms with E-state index in [1.165, 1.54) is 4.31 Å². The first-order valence-electron chi connectivity index (χ1n) is 8.57. The van der Waals surface area contributed by atoms with E-state index < -0.39 is 10.0 Å². The van der Waals surface area contributed by atoms with Crippen LogP contribution in [0, 0.1) is 0 Å². The molecule has 0 radical (unpaired) electrons. The minimum absolute atomic E-state index is 0.218. The van der Waals surface area contributed by atoms with E-state index in [0.29, 0.717) is 30.1 Å². The number of sulfonamides is 1. The highest BCUT2D eigenvalue weighted by molar-refractivity contribution is 7.89. The summed E-state index contributed by atoms with van der Waals surface area (Å²) in [6.45, 7) is 8.25. The normalized spacial score (nSPS) is 13.0. The molecule has 1 aromatic heterocycles. The molecule has 1 atom stereocenters. The van der Waals surface area contributed by atoms with Gasteiger partial charge in [-0.1, -0.05) is 37.4 Å². The van der Waals surface area contributed by atoms with Crippen molar-refractivity contribution in [2.75, 3.05) is 13.1 Å². The molecule has 0 saturated carbocycles. The van der Waals surface area contributed by atoms with Gasteiger partial charge in [-0.05, 0) is 42.6 Å². The first-order chi connectivity index (χ1) is 12.3. The van der Waals surface area contributed by atoms with Crippen LogP contribution in [0.1, 0.15) is 54.7 Å². The number of nitrogens with zero attached hydrogens (tertiary/aromatic N) is 3. The molecule has 0 aliphatic rings. The lowest BCUT2D eigenvalue weighted by Crippen LogP contribution is -2.30. The smallest absolute Gasteiger partial charge is 0.265 e. The van der Waals surface area contributed by atoms with Crippen LogP contribution in [-0.4, -0.2) is 41.3 Å². The summed E-state index contributed by atoms with van der Waals surface area (Å²) >= 11 is 1.08. The van der Waals surface area contributed by atoms with E-state index in [0.717, 1.165) is 17.1 Å². The molecule has 7 nitrogen and oxygen atoms in total. The third kappa shape index (κ3) is 4.28. The summed E-state index contributed by atoms with van der Waals surface area (Å²) in [5.41, 5.74) is 1.51. The Morgan fingerprint density at radius 2 is 1.81 bits per heavy atom. The Balaban J connectivity index is 2.14. The summed E-state index contributed by atoms with van der Waals surface area (Å²) in [6.07, 6.45) is 0.644. The molecule has 0 aliphatic carbocycles. The van der Waals surface area contributed by atoms with Gasteiger partial charge >= 0.3 is 0 Å². The molecule has 2 rings (SSSR count). The van der Waals surface area contributed by atoms with Crippen molar-refractivity contribution in [3.8, 4) is 0 Å². The van der Waals surface area contributed by atoms with Gasteiger partial charge in [0.15, 0.2) is 0 Å². The molecule has 0 fully saturated rings. The number of rotatable bonds is 8. The van der Waals surface area contributed by atoms with Crippen molar-refractivity contribution in [1.82, 2.24) is 19.2 Å². The molecule has 1 aromatic carbocycles. The zero-order valence-corrected chi connectivity index (χ0v) is 17.0. The Kier molecular flexibility index (Phi) is 6.85. The van der Waals surface area contributed by atoms with Crippen molar-refractivity contribution < 1.29 is 13.2 Å². The topological polar surface area (TPSA) is 92.3 Å². The third-order valence-corrected chi connectivity index (χ3v) is 7.00. The van der Waals surface area contributed by atoms with Crippen LogP contribution in [0.5, 0.6) is 0 Å². The van der Waals surface area contributed by atoms with Gasteiger partial charge in [0, 0.05) is 13.1 Å². The van der Waals surface area contributed by atoms with Crippen molar-refractivity contribution in [1.29, 1.82) is 0 Å². The van der Waals surface area contributed by atoms with Crippen LogP contribution in [0.3, 0.4) is 0 Å². The van der Waals surface area contributed by atoms with Crippen LogP contribution in [0.4, 0.5) is 0 Å². The summed E-state index contributed by atoms with van der Waals surface area (Å²) in [6, 6.07) is 6.36. The summed E-state index contributed by atoms with van der Waals surface area (Å²) in [5.74, 6) is -0.218. The van der Waals surface area contributed by atoms with Gasteiger partial charge in [0.1, 0.15) is 4.88 Å². The Morgan fingerprint density at radius 3 is 2.35 bits per heavy atom. The molecule has 142 valence electrons. The highest BCUT2D eigenvalue weighted by Crippen LogP contribution is 2.20. The number of benzene rings is 1. The van der Waals surface area contributed by atoms with E-state index >= 15 is 0 Å². The first kappa shape index (κ1) is 20.5. The fourth-order valence-corrected chi connectivity index (χ4v) is 4.71. The zero-order valence-electron chi connectivity index (χ0n) is 15.4. The molecule has 1 heterocycles. The first-order valence-corrected chi connectivity index (χ1v) is 10.8. The van der Waals surface area contributed by atoms with Gasteiger partial charge in [-0.25, -0.2) is 8.42 Å². The largest absolute Gasteiger partial charge is 0.345 e. The molecule has 0 spiro atoms. The van der Waals surface area contributed by atoms with Crippen LogP contribution in [0.15, 0.2) is 29.2 Å². The second-order valence-electron chi connectivity index (χ2n) is 5.76. The molecule has 0 saturated heterocycles. The number of aromatic nitrogens is 2. The van der Waals surface area contributed by atoms with Crippen LogP contribution in [0.25, 0.3) is 0 Å². The second-order valence-corrected chi connectivity index (χ2v) is 8.45. The molecule has 0 bridgehead atoms. The number of amides is 1. The van der Waals surface area contributed by atoms with Gasteiger partial charge in [0.2, 0.25) is 10.0 Å². The van der Waals surface area contributed by atoms with E-state index in [1.807, 2.05) is 27.7 Å². The SMILES string of the molecule is CCc1nnsc1C(=O)N[C@H](C)c1ccc(S(=O)(=O)N(CC)CC)cc1. The van der Waals surface area contributed by atoms with E-state index in [-0.39, 0.29) is 16.8 Å². The van der Waals surface area contributed by atoms with E-state index in [9.17, 15) is 13.2 Å². The van der Waals surface area contributed by atoms with E-state index in [4.69, 9.17) is 0 Å². The van der Waals surface area contributed by atoms with Crippen molar-refractivity contribution in [2.24, 2.45) is 0 Å². The Morgan fingerprint density at radius 1 is 1.19 bits per heavy atom. The number of aryl methyl sites for hydroxylation is 1. The standard InChI is InChI=1S/C17H24N4O3S2/c1-5-15-16(25-20-19-15)17(22)18-12(4)13-8-10-14(11-9-13)26(23,24)21(6-2)7-3/h8-12H,5-7H2,1-4H3,(H,18,22)/t12-/m1/s1. The third-order valence-electron chi connectivity index (χ3n) is 4.17. The molecule has 9 heteroatoms. The maximum atomic E-state index is 12.5. The molecule has 0 unspecified atom stereocenters. The van der Waals surface area contributed by atoms with Crippen LogP contribution >= 0.6 is 11.5 Å². The summed E-state index contributed by atoms with van der Waals surface area (Å²) in [5, 5.41) is 6.85. The van der Waals surface area contributed by atoms with E-state index in [1.54, 1.807) is 24.3 Å². The summed E-state index contributed by atoms with van der Waals surface area (Å²) < 4.78 is 30.3. The minimum Gasteiger partial charge on any atom is -0.345 e. The lowest BCUT2D eigenvalue weighted by molar-refractivity contribution is 0.0943. The lowest BCUT2D eigenvalue weighted by Gasteiger charge is -2.19. The Bertz CT molecular complexity index is 843. The minimum atomic E-state index is -3.48. The molecule has 0 aliphatic heterocycles. The Labute approximate surface area is 158 Å². The lowest BCUT2D eigenvalue weighted by atomic mass is 10.1. The average molecular weight is 397 g/mol. The monoisotopic (exact) mass is 396 g/mol. The number of nitrogens with one attached hydrogen (secondary N) is 1. The predicted octanol–water partition coefficient (Wildman–Crippen LogP) is 2.62.